The Morgan fingerprint density at radius 3 is 2.53 bits per heavy atom. The Kier molecular flexibility index (Phi) is 7.33. The minimum Gasteiger partial charge on any atom is -0.347 e. The lowest BCUT2D eigenvalue weighted by atomic mass is 9.53. The number of nitrogens with zero attached hydrogens (tertiary/aromatic N) is 2. The molecule has 1 atom stereocenters. The average Bonchev–Trinajstić information content (AvgIpc) is 3.04. The minimum absolute atomic E-state index is 0. The Balaban J connectivity index is 0.00000245. The average molecular weight is 501 g/mol. The largest absolute Gasteiger partial charge is 0.347 e. The second-order valence-corrected chi connectivity index (χ2v) is 11.5. The highest BCUT2D eigenvalue weighted by Crippen LogP contribution is 2.57. The molecule has 1 saturated heterocycles. The summed E-state index contributed by atoms with van der Waals surface area (Å²) in [6.07, 6.45) is 9.35. The van der Waals surface area contributed by atoms with Gasteiger partial charge in [-0.3, -0.25) is 9.79 Å². The van der Waals surface area contributed by atoms with E-state index in [2.05, 4.69) is 17.1 Å². The Hall–Kier alpha value is -0.980. The van der Waals surface area contributed by atoms with Crippen molar-refractivity contribution in [2.24, 2.45) is 22.7 Å². The molecule has 0 radical (unpaired) electrons. The predicted molar refractivity (Wildman–Crippen MR) is 133 cm³/mol. The third kappa shape index (κ3) is 4.92. The molecular formula is C24H32Cl2FN3OS. The van der Waals surface area contributed by atoms with Gasteiger partial charge >= 0.3 is 0 Å². The van der Waals surface area contributed by atoms with Crippen molar-refractivity contribution in [3.05, 3.63) is 29.0 Å². The molecule has 176 valence electrons. The molecule has 5 fully saturated rings. The molecular weight excluding hydrogens is 468 g/mol. The molecule has 1 heterocycles. The standard InChI is InChI=1S/C24H31ClFN3OS.ClH/c1-2-5-29-19(10-22(30)27-21-9-18(25)3-4-20(21)26)14-31-23(29)28-24-11-15-6-16(12-24)8-17(7-15)13-24;/h3-4,9,15-17,19H,2,5-8,10-14H2,1H3,(H,27,30);1H/b28-23-;. The third-order valence-corrected chi connectivity index (χ3v) is 8.89. The Labute approximate surface area is 205 Å². The number of hydrogen-bond acceptors (Lipinski definition) is 3. The topological polar surface area (TPSA) is 44.7 Å². The van der Waals surface area contributed by atoms with Gasteiger partial charge in [0.15, 0.2) is 5.17 Å². The monoisotopic (exact) mass is 499 g/mol. The van der Waals surface area contributed by atoms with Crippen molar-refractivity contribution in [3.63, 3.8) is 0 Å². The summed E-state index contributed by atoms with van der Waals surface area (Å²) in [6, 6.07) is 4.32. The lowest BCUT2D eigenvalue weighted by Crippen LogP contribution is -2.50. The van der Waals surface area contributed by atoms with Gasteiger partial charge in [-0.1, -0.05) is 30.3 Å². The van der Waals surface area contributed by atoms with Gasteiger partial charge in [0.2, 0.25) is 5.91 Å². The molecule has 6 rings (SSSR count). The van der Waals surface area contributed by atoms with Crippen LogP contribution < -0.4 is 5.32 Å². The fourth-order valence-electron chi connectivity index (χ4n) is 6.70. The van der Waals surface area contributed by atoms with Crippen LogP contribution in [0.5, 0.6) is 0 Å². The molecule has 4 aliphatic carbocycles. The second-order valence-electron chi connectivity index (χ2n) is 10.1. The maximum absolute atomic E-state index is 14.0. The van der Waals surface area contributed by atoms with Gasteiger partial charge in [-0.15, -0.1) is 12.4 Å². The molecule has 8 heteroatoms. The number of benzene rings is 1. The number of amidine groups is 1. The quantitative estimate of drug-likeness (QED) is 0.493. The van der Waals surface area contributed by atoms with Gasteiger partial charge in [-0.05, 0) is 80.9 Å². The lowest BCUT2D eigenvalue weighted by molar-refractivity contribution is -0.116. The van der Waals surface area contributed by atoms with Crippen LogP contribution in [0.4, 0.5) is 10.1 Å². The first-order valence-corrected chi connectivity index (χ1v) is 13.0. The number of thioether (sulfide) groups is 1. The van der Waals surface area contributed by atoms with Crippen LogP contribution in [0.3, 0.4) is 0 Å². The highest BCUT2D eigenvalue weighted by molar-refractivity contribution is 8.14. The van der Waals surface area contributed by atoms with E-state index in [1.165, 1.54) is 56.7 Å². The number of carbonyl (C=O) groups excluding carboxylic acids is 1. The van der Waals surface area contributed by atoms with Crippen molar-refractivity contribution in [2.75, 3.05) is 17.6 Å². The number of carbonyl (C=O) groups is 1. The minimum atomic E-state index is -0.465. The van der Waals surface area contributed by atoms with Gasteiger partial charge in [-0.25, -0.2) is 4.39 Å². The first-order chi connectivity index (χ1) is 14.9. The Morgan fingerprint density at radius 2 is 1.91 bits per heavy atom. The summed E-state index contributed by atoms with van der Waals surface area (Å²) in [5.74, 6) is 2.83. The maximum Gasteiger partial charge on any atom is 0.226 e. The van der Waals surface area contributed by atoms with Crippen molar-refractivity contribution in [3.8, 4) is 0 Å². The van der Waals surface area contributed by atoms with Crippen LogP contribution in [0.25, 0.3) is 0 Å². The van der Waals surface area contributed by atoms with Crippen molar-refractivity contribution >= 4 is 52.5 Å². The summed E-state index contributed by atoms with van der Waals surface area (Å²) in [5.41, 5.74) is 0.289. The molecule has 1 aliphatic heterocycles. The number of rotatable bonds is 6. The normalized spacial score (nSPS) is 34.1. The van der Waals surface area contributed by atoms with Crippen molar-refractivity contribution < 1.29 is 9.18 Å². The number of hydrogen-bond donors (Lipinski definition) is 1. The summed E-state index contributed by atoms with van der Waals surface area (Å²) >= 11 is 7.76. The summed E-state index contributed by atoms with van der Waals surface area (Å²) in [6.45, 7) is 3.07. The van der Waals surface area contributed by atoms with E-state index in [1.807, 2.05) is 0 Å². The predicted octanol–water partition coefficient (Wildman–Crippen LogP) is 6.38. The van der Waals surface area contributed by atoms with Crippen LogP contribution in [0.2, 0.25) is 5.02 Å². The van der Waals surface area contributed by atoms with Crippen LogP contribution in [0.1, 0.15) is 58.3 Å². The molecule has 5 aliphatic rings. The van der Waals surface area contributed by atoms with Crippen LogP contribution in [0.15, 0.2) is 23.2 Å². The van der Waals surface area contributed by atoms with E-state index in [1.54, 1.807) is 11.8 Å². The van der Waals surface area contributed by atoms with Crippen molar-refractivity contribution in [1.82, 2.24) is 4.90 Å². The van der Waals surface area contributed by atoms with E-state index in [9.17, 15) is 9.18 Å². The SMILES string of the molecule is CCCN1/C(=N/C23CC4CC(CC(C4)C2)C3)SCC1CC(=O)Nc1cc(Cl)ccc1F.Cl. The van der Waals surface area contributed by atoms with Gasteiger partial charge in [-0.2, -0.15) is 0 Å². The molecule has 1 aromatic carbocycles. The molecule has 1 aromatic rings. The summed E-state index contributed by atoms with van der Waals surface area (Å²) in [4.78, 5) is 20.5. The van der Waals surface area contributed by atoms with Gasteiger partial charge < -0.3 is 10.2 Å². The molecule has 0 spiro atoms. The van der Waals surface area contributed by atoms with Crippen LogP contribution in [0, 0.1) is 23.6 Å². The number of anilines is 1. The maximum atomic E-state index is 14.0. The van der Waals surface area contributed by atoms with Gasteiger partial charge in [0.1, 0.15) is 5.82 Å². The lowest BCUT2D eigenvalue weighted by Gasteiger charge is -2.55. The third-order valence-electron chi connectivity index (χ3n) is 7.52. The molecule has 1 N–H and O–H groups in total. The number of amides is 1. The van der Waals surface area contributed by atoms with Crippen molar-refractivity contribution in [1.29, 1.82) is 0 Å². The van der Waals surface area contributed by atoms with Crippen LogP contribution in [-0.4, -0.2) is 39.9 Å². The Morgan fingerprint density at radius 1 is 1.25 bits per heavy atom. The molecule has 4 saturated carbocycles. The zero-order chi connectivity index (χ0) is 21.6. The molecule has 4 bridgehead atoms. The van der Waals surface area contributed by atoms with Gasteiger partial charge in [0.25, 0.3) is 0 Å². The number of aliphatic imine (C=N–C) groups is 1. The van der Waals surface area contributed by atoms with Crippen LogP contribution in [-0.2, 0) is 4.79 Å². The summed E-state index contributed by atoms with van der Waals surface area (Å²) in [7, 11) is 0. The highest BCUT2D eigenvalue weighted by Gasteiger charge is 2.51. The number of nitrogens with one attached hydrogen (secondary N) is 1. The zero-order valence-corrected chi connectivity index (χ0v) is 20.9. The van der Waals surface area contributed by atoms with Gasteiger partial charge in [0, 0.05) is 29.8 Å². The highest BCUT2D eigenvalue weighted by atomic mass is 35.5. The Bertz CT molecular complexity index is 861. The van der Waals surface area contributed by atoms with Gasteiger partial charge in [0.05, 0.1) is 11.2 Å². The first-order valence-electron chi connectivity index (χ1n) is 11.7. The fourth-order valence-corrected chi connectivity index (χ4v) is 8.17. The molecule has 32 heavy (non-hydrogen) atoms. The van der Waals surface area contributed by atoms with E-state index in [0.29, 0.717) is 11.4 Å². The van der Waals surface area contributed by atoms with Crippen LogP contribution >= 0.6 is 35.8 Å². The smallest absolute Gasteiger partial charge is 0.226 e. The molecule has 1 unspecified atom stereocenters. The molecule has 0 aromatic heterocycles. The summed E-state index contributed by atoms with van der Waals surface area (Å²) in [5, 5.41) is 4.25. The molecule has 4 nitrogen and oxygen atoms in total. The second kappa shape index (κ2) is 9.71. The van der Waals surface area contributed by atoms with E-state index < -0.39 is 5.82 Å². The van der Waals surface area contributed by atoms with E-state index in [4.69, 9.17) is 16.6 Å². The van der Waals surface area contributed by atoms with E-state index in [-0.39, 0.29) is 35.6 Å². The first kappa shape index (κ1) is 24.2. The zero-order valence-electron chi connectivity index (χ0n) is 18.5. The molecule has 1 amide bonds. The van der Waals surface area contributed by atoms with E-state index in [0.717, 1.165) is 41.6 Å². The summed E-state index contributed by atoms with van der Waals surface area (Å²) < 4.78 is 14.0. The van der Waals surface area contributed by atoms with E-state index >= 15 is 0 Å². The number of halogens is 3. The fraction of sp³-hybridized carbons (Fsp3) is 0.667. The van der Waals surface area contributed by atoms with Crippen molar-refractivity contribution in [2.45, 2.75) is 69.9 Å².